The van der Waals surface area contributed by atoms with Crippen LogP contribution in [0, 0.1) is 0 Å². The summed E-state index contributed by atoms with van der Waals surface area (Å²) in [6, 6.07) is -0.719. The Morgan fingerprint density at radius 2 is 1.48 bits per heavy atom. The van der Waals surface area contributed by atoms with Crippen LogP contribution in [0.5, 0.6) is 0 Å². The maximum atomic E-state index is 11.0. The Hall–Kier alpha value is 0.210. The topological polar surface area (TPSA) is 90.7 Å². The molecule has 0 bridgehead atoms. The van der Waals surface area contributed by atoms with Gasteiger partial charge in [0.05, 0.1) is 13.2 Å². The molecule has 0 spiro atoms. The Balaban J connectivity index is -0.0000000941. The van der Waals surface area contributed by atoms with Gasteiger partial charge in [0.2, 0.25) is 0 Å². The third-order valence-corrected chi connectivity index (χ3v) is 3.42. The van der Waals surface area contributed by atoms with Crippen LogP contribution in [0.15, 0.2) is 0 Å². The first kappa shape index (κ1) is 37.9. The van der Waals surface area contributed by atoms with Gasteiger partial charge >= 0.3 is 11.9 Å². The number of esters is 2. The van der Waals surface area contributed by atoms with Gasteiger partial charge in [0.15, 0.2) is 0 Å². The molecule has 27 heavy (non-hydrogen) atoms. The summed E-state index contributed by atoms with van der Waals surface area (Å²) >= 11 is 14.0. The summed E-state index contributed by atoms with van der Waals surface area (Å²) in [6.45, 7) is 8.51. The molecule has 0 saturated carbocycles. The Bertz CT molecular complexity index is 314. The average Bonchev–Trinajstić information content (AvgIpc) is 2.57. The fourth-order valence-electron chi connectivity index (χ4n) is 1.06. The van der Waals surface area contributed by atoms with E-state index in [1.165, 1.54) is 0 Å². The van der Waals surface area contributed by atoms with Gasteiger partial charge in [-0.1, -0.05) is 23.4 Å². The van der Waals surface area contributed by atoms with Crippen LogP contribution in [-0.4, -0.2) is 60.9 Å². The lowest BCUT2D eigenvalue weighted by Gasteiger charge is -2.11. The first-order valence-electron chi connectivity index (χ1n) is 8.32. The first-order valence-corrected chi connectivity index (χ1v) is 10.5. The van der Waals surface area contributed by atoms with Crippen molar-refractivity contribution >= 4 is 63.5 Å². The van der Waals surface area contributed by atoms with Crippen molar-refractivity contribution in [2.45, 2.75) is 60.0 Å². The molecule has 3 N–H and O–H groups in total. The highest BCUT2D eigenvalue weighted by Gasteiger charge is 2.11. The molecule has 0 aliphatic carbocycles. The van der Waals surface area contributed by atoms with Gasteiger partial charge in [0.1, 0.15) is 12.1 Å². The zero-order chi connectivity index (χ0) is 20.1. The first-order chi connectivity index (χ1) is 11.8. The van der Waals surface area contributed by atoms with Crippen LogP contribution in [0.1, 0.15) is 48.0 Å². The number of alkyl halides is 3. The van der Waals surface area contributed by atoms with Gasteiger partial charge in [-0.05, 0) is 47.1 Å². The highest BCUT2D eigenvalue weighted by Crippen LogP contribution is 1.89. The van der Waals surface area contributed by atoms with E-state index in [9.17, 15) is 9.59 Å². The van der Waals surface area contributed by atoms with E-state index in [1.54, 1.807) is 27.7 Å². The van der Waals surface area contributed by atoms with Crippen molar-refractivity contribution in [1.29, 1.82) is 0 Å². The van der Waals surface area contributed by atoms with Crippen molar-refractivity contribution in [2.24, 2.45) is 5.73 Å². The molecule has 0 aromatic carbocycles. The van der Waals surface area contributed by atoms with E-state index < -0.39 is 6.04 Å². The zero-order valence-electron chi connectivity index (χ0n) is 16.1. The van der Waals surface area contributed by atoms with Crippen molar-refractivity contribution < 1.29 is 19.1 Å². The van der Waals surface area contributed by atoms with Gasteiger partial charge in [-0.15, -0.1) is 35.6 Å². The maximum Gasteiger partial charge on any atom is 0.322 e. The number of hydrogen-bond acceptors (Lipinski definition) is 6. The lowest BCUT2D eigenvalue weighted by Crippen LogP contribution is -2.36. The lowest BCUT2D eigenvalue weighted by atomic mass is 10.3. The van der Waals surface area contributed by atoms with Crippen molar-refractivity contribution in [1.82, 2.24) is 5.32 Å². The van der Waals surface area contributed by atoms with Crippen molar-refractivity contribution in [2.75, 3.05) is 36.8 Å². The van der Waals surface area contributed by atoms with Crippen LogP contribution in [0.3, 0.4) is 0 Å². The summed E-state index contributed by atoms with van der Waals surface area (Å²) in [5.41, 5.74) is 5.15. The fraction of sp³-hybridized carbons (Fsp3) is 0.882. The molecule has 0 rings (SSSR count). The summed E-state index contributed by atoms with van der Waals surface area (Å²) in [6.07, 6.45) is 1.94. The van der Waals surface area contributed by atoms with E-state index in [4.69, 9.17) is 33.7 Å². The smallest absolute Gasteiger partial charge is 0.322 e. The quantitative estimate of drug-likeness (QED) is 0.256. The minimum absolute atomic E-state index is 0. The molecule has 0 aliphatic heterocycles. The van der Waals surface area contributed by atoms with Crippen LogP contribution in [-0.2, 0) is 19.1 Å². The molecule has 0 fully saturated rings. The van der Waals surface area contributed by atoms with Crippen LogP contribution in [0.25, 0.3) is 0 Å². The third kappa shape index (κ3) is 34.1. The van der Waals surface area contributed by atoms with E-state index >= 15 is 0 Å². The maximum absolute atomic E-state index is 11.0. The second-order valence-electron chi connectivity index (χ2n) is 4.74. The highest BCUT2D eigenvalue weighted by molar-refractivity contribution is 9.09. The molecule has 2 atom stereocenters. The van der Waals surface area contributed by atoms with Gasteiger partial charge < -0.3 is 20.5 Å². The van der Waals surface area contributed by atoms with Crippen LogP contribution >= 0.6 is 51.5 Å². The monoisotopic (exact) mass is 518 g/mol. The predicted octanol–water partition coefficient (Wildman–Crippen LogP) is 4.12. The number of carbonyl (C=O) groups excluding carboxylic acids is 2. The lowest BCUT2D eigenvalue weighted by molar-refractivity contribution is -0.145. The second kappa shape index (κ2) is 30.9. The van der Waals surface area contributed by atoms with Gasteiger partial charge in [-0.2, -0.15) is 0 Å². The number of nitrogens with two attached hydrogens (primary N) is 1. The minimum atomic E-state index is -0.491. The molecule has 0 aromatic rings. The number of ether oxygens (including phenoxy) is 2. The van der Waals surface area contributed by atoms with Gasteiger partial charge in [-0.3, -0.25) is 9.59 Å². The molecule has 0 radical (unpaired) electrons. The van der Waals surface area contributed by atoms with E-state index in [0.717, 1.165) is 30.6 Å². The Morgan fingerprint density at radius 1 is 1.04 bits per heavy atom. The molecule has 0 heterocycles. The molecular weight excluding hydrogens is 482 g/mol. The van der Waals surface area contributed by atoms with E-state index in [1.807, 2.05) is 0 Å². The number of nitrogens with one attached hydrogen (secondary N) is 1. The SMILES string of the molecule is C.CCOC(=O)[C@@H](C)N.CCOC(=O)[C@@H](C)NCCCCl.Cl.ClCCCBr. The number of rotatable bonds is 10. The van der Waals surface area contributed by atoms with Crippen LogP contribution < -0.4 is 11.1 Å². The summed E-state index contributed by atoms with van der Waals surface area (Å²) in [5.74, 6) is 0.841. The molecule has 0 unspecified atom stereocenters. The molecule has 10 heteroatoms. The van der Waals surface area contributed by atoms with Gasteiger partial charge in [0, 0.05) is 17.1 Å². The van der Waals surface area contributed by atoms with Crippen molar-refractivity contribution in [3.8, 4) is 0 Å². The summed E-state index contributed by atoms with van der Waals surface area (Å²) in [5, 5.41) is 4.03. The second-order valence-corrected chi connectivity index (χ2v) is 6.29. The Morgan fingerprint density at radius 3 is 1.74 bits per heavy atom. The number of halogens is 4. The van der Waals surface area contributed by atoms with Crippen LogP contribution in [0.4, 0.5) is 0 Å². The third-order valence-electron chi connectivity index (χ3n) is 2.33. The Labute approximate surface area is 190 Å². The van der Waals surface area contributed by atoms with E-state index in [-0.39, 0.29) is 37.8 Å². The minimum Gasteiger partial charge on any atom is -0.465 e. The molecule has 0 amide bonds. The standard InChI is InChI=1S/C8H16ClNO2.C5H11NO2.C3H6BrCl.CH4.ClH/c1-3-12-8(11)7(2)10-6-4-5-9;1-3-8-5(7)4(2)6;4-2-1-3-5;;/h7,10H,3-6H2,1-2H3;4H,3,6H2,1-2H3;1-3H2;1H4;1H/t7-;4-;;;/m11.../s1. The van der Waals surface area contributed by atoms with Crippen molar-refractivity contribution in [3.05, 3.63) is 0 Å². The molecule has 0 aromatic heterocycles. The van der Waals surface area contributed by atoms with Gasteiger partial charge in [-0.25, -0.2) is 0 Å². The normalized spacial score (nSPS) is 11.0. The van der Waals surface area contributed by atoms with Crippen LogP contribution in [0.2, 0.25) is 0 Å². The molecule has 6 nitrogen and oxygen atoms in total. The molecular formula is C17H38BrCl3N2O4. The molecule has 168 valence electrons. The van der Waals surface area contributed by atoms with E-state index in [0.29, 0.717) is 19.1 Å². The molecule has 0 saturated heterocycles. The number of carbonyl (C=O) groups is 2. The summed E-state index contributed by atoms with van der Waals surface area (Å²) in [4.78, 5) is 21.4. The zero-order valence-corrected chi connectivity index (χ0v) is 20.0. The van der Waals surface area contributed by atoms with Gasteiger partial charge in [0.25, 0.3) is 0 Å². The molecule has 0 aliphatic rings. The summed E-state index contributed by atoms with van der Waals surface area (Å²) in [7, 11) is 0. The highest BCUT2D eigenvalue weighted by atomic mass is 79.9. The summed E-state index contributed by atoms with van der Waals surface area (Å²) < 4.78 is 9.34. The van der Waals surface area contributed by atoms with E-state index in [2.05, 4.69) is 26.0 Å². The average molecular weight is 521 g/mol. The Kier molecular flexibility index (Phi) is 43.4. The predicted molar refractivity (Wildman–Crippen MR) is 123 cm³/mol. The van der Waals surface area contributed by atoms with Crippen molar-refractivity contribution in [3.63, 3.8) is 0 Å². The largest absolute Gasteiger partial charge is 0.465 e. The number of hydrogen-bond donors (Lipinski definition) is 2. The fourth-order valence-corrected chi connectivity index (χ4v) is 1.93.